The Labute approximate surface area is 146 Å². The summed E-state index contributed by atoms with van der Waals surface area (Å²) in [4.78, 5) is 28.7. The number of benzene rings is 1. The first kappa shape index (κ1) is 18.1. The van der Waals surface area contributed by atoms with Gasteiger partial charge in [0.15, 0.2) is 0 Å². The van der Waals surface area contributed by atoms with Crippen LogP contribution in [-0.4, -0.2) is 52.9 Å². The van der Waals surface area contributed by atoms with Crippen LogP contribution in [0, 0.1) is 5.92 Å². The number of hydrogen-bond donors (Lipinski definition) is 2. The molecule has 1 fully saturated rings. The van der Waals surface area contributed by atoms with Gasteiger partial charge < -0.3 is 24.2 Å². The molecule has 0 aliphatic carbocycles. The van der Waals surface area contributed by atoms with E-state index in [1.165, 1.54) is 6.33 Å². The van der Waals surface area contributed by atoms with Crippen molar-refractivity contribution in [3.8, 4) is 5.75 Å². The zero-order valence-electron chi connectivity index (χ0n) is 14.0. The van der Waals surface area contributed by atoms with E-state index in [2.05, 4.69) is 14.9 Å². The van der Waals surface area contributed by atoms with Crippen molar-refractivity contribution in [2.24, 2.45) is 5.92 Å². The number of nitrogens with zero attached hydrogens (tertiary/aromatic N) is 3. The lowest BCUT2D eigenvalue weighted by atomic mass is 9.98. The van der Waals surface area contributed by atoms with E-state index in [9.17, 15) is 4.57 Å². The van der Waals surface area contributed by atoms with Crippen molar-refractivity contribution in [3.05, 3.63) is 24.5 Å². The number of hydrogen-bond acceptors (Lipinski definition) is 6. The van der Waals surface area contributed by atoms with Crippen molar-refractivity contribution in [2.45, 2.75) is 12.8 Å². The molecule has 0 saturated carbocycles. The number of fused-ring (bicyclic) bond motifs is 1. The molecule has 0 spiro atoms. The summed E-state index contributed by atoms with van der Waals surface area (Å²) in [5, 5.41) is 0.929. The van der Waals surface area contributed by atoms with Crippen LogP contribution in [0.1, 0.15) is 12.8 Å². The first-order valence-corrected chi connectivity index (χ1v) is 9.92. The quantitative estimate of drug-likeness (QED) is 0.747. The standard InChI is InChI=1S/C16H22N3O5P/c1-23-14-6-2-5-13-15(14)17-10-18-16(13)19-7-3-4-12(8-19)9-24-11-25(20,21)22/h2,5-6,10,12H,3-4,7-9,11H2,1H3,(H2,20,21,22). The molecule has 1 atom stereocenters. The van der Waals surface area contributed by atoms with E-state index in [1.54, 1.807) is 7.11 Å². The third kappa shape index (κ3) is 4.46. The molecule has 1 aliphatic heterocycles. The fourth-order valence-corrected chi connectivity index (χ4v) is 3.54. The number of rotatable bonds is 6. The monoisotopic (exact) mass is 367 g/mol. The maximum Gasteiger partial charge on any atom is 0.350 e. The highest BCUT2D eigenvalue weighted by Gasteiger charge is 2.24. The summed E-state index contributed by atoms with van der Waals surface area (Å²) in [6.45, 7) is 1.93. The summed E-state index contributed by atoms with van der Waals surface area (Å²) < 4.78 is 21.5. The van der Waals surface area contributed by atoms with E-state index >= 15 is 0 Å². The van der Waals surface area contributed by atoms with Gasteiger partial charge in [0.2, 0.25) is 0 Å². The fraction of sp³-hybridized carbons (Fsp3) is 0.500. The SMILES string of the molecule is COc1cccc2c(N3CCCC(COCP(=O)(O)O)C3)ncnc12. The first-order chi connectivity index (χ1) is 12.0. The number of anilines is 1. The van der Waals surface area contributed by atoms with Crippen molar-refractivity contribution in [1.82, 2.24) is 9.97 Å². The normalized spacial score (nSPS) is 18.5. The fourth-order valence-electron chi connectivity index (χ4n) is 3.20. The van der Waals surface area contributed by atoms with Gasteiger partial charge in [-0.25, -0.2) is 9.97 Å². The largest absolute Gasteiger partial charge is 0.494 e. The van der Waals surface area contributed by atoms with Crippen LogP contribution < -0.4 is 9.64 Å². The molecule has 25 heavy (non-hydrogen) atoms. The van der Waals surface area contributed by atoms with Crippen LogP contribution in [0.5, 0.6) is 5.75 Å². The summed E-state index contributed by atoms with van der Waals surface area (Å²) >= 11 is 0. The molecule has 1 unspecified atom stereocenters. The number of aromatic nitrogens is 2. The smallest absolute Gasteiger partial charge is 0.350 e. The van der Waals surface area contributed by atoms with Crippen molar-refractivity contribution in [3.63, 3.8) is 0 Å². The minimum Gasteiger partial charge on any atom is -0.494 e. The van der Waals surface area contributed by atoms with E-state index in [0.717, 1.165) is 42.7 Å². The van der Waals surface area contributed by atoms with Crippen molar-refractivity contribution >= 4 is 24.3 Å². The highest BCUT2D eigenvalue weighted by molar-refractivity contribution is 7.51. The van der Waals surface area contributed by atoms with Gasteiger partial charge in [0.05, 0.1) is 13.7 Å². The van der Waals surface area contributed by atoms with E-state index in [1.807, 2.05) is 18.2 Å². The number of piperidine rings is 1. The topological polar surface area (TPSA) is 105 Å². The molecular weight excluding hydrogens is 345 g/mol. The molecule has 1 aromatic carbocycles. The first-order valence-electron chi connectivity index (χ1n) is 8.13. The van der Waals surface area contributed by atoms with Gasteiger partial charge in [-0.1, -0.05) is 6.07 Å². The van der Waals surface area contributed by atoms with Crippen molar-refractivity contribution in [2.75, 3.05) is 38.1 Å². The summed E-state index contributed by atoms with van der Waals surface area (Å²) in [7, 11) is -2.50. The average Bonchev–Trinajstić information content (AvgIpc) is 2.60. The molecule has 1 saturated heterocycles. The van der Waals surface area contributed by atoms with Crippen LogP contribution in [-0.2, 0) is 9.30 Å². The lowest BCUT2D eigenvalue weighted by Crippen LogP contribution is -2.38. The highest BCUT2D eigenvalue weighted by atomic mass is 31.2. The van der Waals surface area contributed by atoms with Gasteiger partial charge in [0.25, 0.3) is 0 Å². The van der Waals surface area contributed by atoms with E-state index in [4.69, 9.17) is 19.3 Å². The van der Waals surface area contributed by atoms with Crippen LogP contribution >= 0.6 is 7.60 Å². The van der Waals surface area contributed by atoms with Crippen LogP contribution in [0.3, 0.4) is 0 Å². The molecule has 8 nitrogen and oxygen atoms in total. The Hall–Kier alpha value is -1.73. The van der Waals surface area contributed by atoms with Gasteiger partial charge >= 0.3 is 7.60 Å². The van der Waals surface area contributed by atoms with E-state index in [-0.39, 0.29) is 5.92 Å². The van der Waals surface area contributed by atoms with Crippen molar-refractivity contribution in [1.29, 1.82) is 0 Å². The van der Waals surface area contributed by atoms with E-state index < -0.39 is 13.9 Å². The number of ether oxygens (including phenoxy) is 2. The second-order valence-electron chi connectivity index (χ2n) is 6.17. The zero-order chi connectivity index (χ0) is 17.9. The maximum atomic E-state index is 10.9. The Balaban J connectivity index is 1.75. The molecule has 2 N–H and O–H groups in total. The molecule has 1 aliphatic rings. The van der Waals surface area contributed by atoms with Gasteiger partial charge in [0.1, 0.15) is 29.8 Å². The molecule has 1 aromatic heterocycles. The average molecular weight is 367 g/mol. The predicted molar refractivity (Wildman–Crippen MR) is 93.9 cm³/mol. The minimum absolute atomic E-state index is 0.205. The molecule has 0 amide bonds. The molecule has 0 radical (unpaired) electrons. The van der Waals surface area contributed by atoms with Gasteiger partial charge in [0, 0.05) is 18.5 Å². The van der Waals surface area contributed by atoms with E-state index in [0.29, 0.717) is 12.4 Å². The lowest BCUT2D eigenvalue weighted by molar-refractivity contribution is 0.114. The lowest BCUT2D eigenvalue weighted by Gasteiger charge is -2.34. The Kier molecular flexibility index (Phi) is 5.54. The minimum atomic E-state index is -4.12. The van der Waals surface area contributed by atoms with Crippen LogP contribution in [0.4, 0.5) is 5.82 Å². The predicted octanol–water partition coefficient (Wildman–Crippen LogP) is 2.01. The second kappa shape index (κ2) is 7.66. The third-order valence-electron chi connectivity index (χ3n) is 4.26. The third-order valence-corrected chi connectivity index (χ3v) is 4.78. The van der Waals surface area contributed by atoms with Crippen LogP contribution in [0.2, 0.25) is 0 Å². The number of methoxy groups -OCH3 is 1. The molecule has 136 valence electrons. The summed E-state index contributed by atoms with van der Waals surface area (Å²) in [5.41, 5.74) is 0.773. The highest BCUT2D eigenvalue weighted by Crippen LogP contribution is 2.35. The van der Waals surface area contributed by atoms with Gasteiger partial charge in [-0.2, -0.15) is 0 Å². The molecule has 9 heteroatoms. The molecule has 2 aromatic rings. The second-order valence-corrected chi connectivity index (χ2v) is 7.76. The summed E-state index contributed by atoms with van der Waals surface area (Å²) in [6.07, 6.45) is 2.94. The van der Waals surface area contributed by atoms with Crippen LogP contribution in [0.25, 0.3) is 10.9 Å². The molecular formula is C16H22N3O5P. The summed E-state index contributed by atoms with van der Waals surface area (Å²) in [6, 6.07) is 5.76. The molecule has 2 heterocycles. The Morgan fingerprint density at radius 3 is 2.96 bits per heavy atom. The van der Waals surface area contributed by atoms with Gasteiger partial charge in [-0.3, -0.25) is 4.57 Å². The van der Waals surface area contributed by atoms with Gasteiger partial charge in [-0.15, -0.1) is 0 Å². The Bertz CT molecular complexity index is 781. The Morgan fingerprint density at radius 2 is 2.20 bits per heavy atom. The zero-order valence-corrected chi connectivity index (χ0v) is 14.9. The van der Waals surface area contributed by atoms with Crippen molar-refractivity contribution < 1.29 is 23.8 Å². The molecule has 3 rings (SSSR count). The van der Waals surface area contributed by atoms with Gasteiger partial charge in [-0.05, 0) is 30.9 Å². The summed E-state index contributed by atoms with van der Waals surface area (Å²) in [5.74, 6) is 1.76. The number of para-hydroxylation sites is 1. The van der Waals surface area contributed by atoms with Crippen LogP contribution in [0.15, 0.2) is 24.5 Å². The maximum absolute atomic E-state index is 10.9. The Morgan fingerprint density at radius 1 is 1.36 bits per heavy atom. The molecule has 0 bridgehead atoms.